The average molecular weight is 469 g/mol. The lowest BCUT2D eigenvalue weighted by molar-refractivity contribution is -0.117. The first-order valence-corrected chi connectivity index (χ1v) is 12.2. The Morgan fingerprint density at radius 3 is 2.67 bits per heavy atom. The molecule has 2 heterocycles. The topological polar surface area (TPSA) is 76.0 Å². The lowest BCUT2D eigenvalue weighted by Gasteiger charge is -2.24. The Morgan fingerprint density at radius 2 is 2.00 bits per heavy atom. The number of halogens is 2. The van der Waals surface area contributed by atoms with Crippen molar-refractivity contribution in [3.05, 3.63) is 58.9 Å². The zero-order valence-electron chi connectivity index (χ0n) is 15.9. The molecule has 1 amide bonds. The number of ether oxygens (including phenoxy) is 1. The van der Waals surface area contributed by atoms with Gasteiger partial charge in [-0.15, -0.1) is 0 Å². The van der Waals surface area contributed by atoms with Crippen molar-refractivity contribution >= 4 is 50.0 Å². The fourth-order valence-corrected chi connectivity index (χ4v) is 7.61. The van der Waals surface area contributed by atoms with Gasteiger partial charge in [0.05, 0.1) is 36.1 Å². The highest BCUT2D eigenvalue weighted by Gasteiger charge is 2.49. The zero-order chi connectivity index (χ0) is 21.5. The van der Waals surface area contributed by atoms with Gasteiger partial charge in [-0.25, -0.2) is 12.8 Å². The maximum absolute atomic E-state index is 14.1. The van der Waals surface area contributed by atoms with Crippen molar-refractivity contribution in [2.45, 2.75) is 17.7 Å². The molecule has 2 fully saturated rings. The summed E-state index contributed by atoms with van der Waals surface area (Å²) in [5.74, 6) is -0.368. The van der Waals surface area contributed by atoms with Crippen LogP contribution in [0.4, 0.5) is 10.1 Å². The molecule has 6 nitrogen and oxygen atoms in total. The number of amidine groups is 1. The molecule has 0 aromatic heterocycles. The minimum atomic E-state index is -3.21. The molecule has 0 N–H and O–H groups in total. The van der Waals surface area contributed by atoms with Crippen molar-refractivity contribution in [1.29, 1.82) is 0 Å². The standard InChI is InChI=1S/C20H18ClFN2O4S2/c1-28-14-5-2-12(3-6-14)8-19(25)23-20-24(13-4-7-15(21)16(22)9-13)17-10-30(26,27)11-18(17)29-20/h2-7,9,17-18H,8,10-11H2,1H3. The van der Waals surface area contributed by atoms with E-state index in [1.54, 1.807) is 42.3 Å². The van der Waals surface area contributed by atoms with Gasteiger partial charge in [-0.1, -0.05) is 35.5 Å². The molecule has 0 saturated carbocycles. The SMILES string of the molecule is COc1ccc(CC(=O)N=C2SC3CS(=O)(=O)CC3N2c2ccc(Cl)c(F)c2)cc1. The summed E-state index contributed by atoms with van der Waals surface area (Å²) in [6, 6.07) is 10.9. The molecule has 0 radical (unpaired) electrons. The van der Waals surface area contributed by atoms with Crippen LogP contribution in [0.2, 0.25) is 5.02 Å². The second-order valence-corrected chi connectivity index (χ2v) is 10.8. The highest BCUT2D eigenvalue weighted by molar-refractivity contribution is 8.16. The molecule has 2 saturated heterocycles. The van der Waals surface area contributed by atoms with Crippen molar-refractivity contribution < 1.29 is 22.3 Å². The number of sulfone groups is 1. The summed E-state index contributed by atoms with van der Waals surface area (Å²) in [7, 11) is -1.64. The van der Waals surface area contributed by atoms with E-state index < -0.39 is 21.7 Å². The van der Waals surface area contributed by atoms with Crippen molar-refractivity contribution in [2.24, 2.45) is 4.99 Å². The van der Waals surface area contributed by atoms with Crippen molar-refractivity contribution in [3.8, 4) is 5.75 Å². The number of hydrogen-bond donors (Lipinski definition) is 0. The van der Waals surface area contributed by atoms with Gasteiger partial charge >= 0.3 is 0 Å². The molecule has 2 atom stereocenters. The Labute approximate surface area is 183 Å². The quantitative estimate of drug-likeness (QED) is 0.685. The van der Waals surface area contributed by atoms with Crippen molar-refractivity contribution in [2.75, 3.05) is 23.5 Å². The van der Waals surface area contributed by atoms with Gasteiger partial charge in [0.25, 0.3) is 5.91 Å². The van der Waals surface area contributed by atoms with Crippen LogP contribution in [0.5, 0.6) is 5.75 Å². The van der Waals surface area contributed by atoms with Gasteiger partial charge in [-0.2, -0.15) is 4.99 Å². The molecule has 10 heteroatoms. The van der Waals surface area contributed by atoms with Crippen LogP contribution in [-0.4, -0.2) is 49.4 Å². The van der Waals surface area contributed by atoms with Crippen LogP contribution < -0.4 is 9.64 Å². The Bertz CT molecular complexity index is 1120. The second kappa shape index (κ2) is 8.20. The van der Waals surface area contributed by atoms with E-state index in [0.29, 0.717) is 16.6 Å². The van der Waals surface area contributed by atoms with E-state index in [2.05, 4.69) is 4.99 Å². The predicted octanol–water partition coefficient (Wildman–Crippen LogP) is 3.33. The molecule has 2 aliphatic heterocycles. The van der Waals surface area contributed by atoms with E-state index in [4.69, 9.17) is 16.3 Å². The number of methoxy groups -OCH3 is 1. The van der Waals surface area contributed by atoms with Gasteiger partial charge < -0.3 is 9.64 Å². The first kappa shape index (κ1) is 21.1. The molecule has 2 aliphatic rings. The van der Waals surface area contributed by atoms with Crippen LogP contribution in [-0.2, 0) is 21.1 Å². The summed E-state index contributed by atoms with van der Waals surface area (Å²) in [5, 5.41) is 0.0803. The number of rotatable bonds is 4. The maximum atomic E-state index is 14.1. The number of hydrogen-bond acceptors (Lipinski definition) is 5. The smallest absolute Gasteiger partial charge is 0.252 e. The third-order valence-corrected chi connectivity index (χ3v) is 8.50. The Morgan fingerprint density at radius 1 is 1.27 bits per heavy atom. The molecule has 158 valence electrons. The van der Waals surface area contributed by atoms with Gasteiger partial charge in [0.2, 0.25) is 0 Å². The molecule has 4 rings (SSSR count). The number of thioether (sulfide) groups is 1. The fourth-order valence-electron chi connectivity index (χ4n) is 3.57. The molecule has 2 aromatic rings. The molecular formula is C20H18ClFN2O4S2. The number of nitrogens with zero attached hydrogens (tertiary/aromatic N) is 2. The number of carbonyl (C=O) groups excluding carboxylic acids is 1. The third kappa shape index (κ3) is 4.33. The highest BCUT2D eigenvalue weighted by Crippen LogP contribution is 2.41. The summed E-state index contributed by atoms with van der Waals surface area (Å²) in [5.41, 5.74) is 1.20. The number of anilines is 1. The fraction of sp³-hybridized carbons (Fsp3) is 0.300. The summed E-state index contributed by atoms with van der Waals surface area (Å²) >= 11 is 7.03. The van der Waals surface area contributed by atoms with E-state index in [9.17, 15) is 17.6 Å². The van der Waals surface area contributed by atoms with Gasteiger partial charge in [0.15, 0.2) is 15.0 Å². The average Bonchev–Trinajstić information content (AvgIpc) is 3.15. The predicted molar refractivity (Wildman–Crippen MR) is 117 cm³/mol. The summed E-state index contributed by atoms with van der Waals surface area (Å²) < 4.78 is 43.4. The monoisotopic (exact) mass is 468 g/mol. The molecule has 0 aliphatic carbocycles. The number of benzene rings is 2. The van der Waals surface area contributed by atoms with E-state index in [-0.39, 0.29) is 34.1 Å². The largest absolute Gasteiger partial charge is 0.497 e. The minimum Gasteiger partial charge on any atom is -0.497 e. The maximum Gasteiger partial charge on any atom is 0.252 e. The molecule has 0 bridgehead atoms. The van der Waals surface area contributed by atoms with Crippen LogP contribution in [0, 0.1) is 5.82 Å². The first-order chi connectivity index (χ1) is 14.3. The van der Waals surface area contributed by atoms with Crippen LogP contribution in [0.3, 0.4) is 0 Å². The van der Waals surface area contributed by atoms with Crippen molar-refractivity contribution in [3.63, 3.8) is 0 Å². The summed E-state index contributed by atoms with van der Waals surface area (Å²) in [6.07, 6.45) is 0.0878. The van der Waals surface area contributed by atoms with Gasteiger partial charge in [0.1, 0.15) is 11.6 Å². The lowest BCUT2D eigenvalue weighted by atomic mass is 10.1. The van der Waals surface area contributed by atoms with Gasteiger partial charge in [-0.3, -0.25) is 4.79 Å². The van der Waals surface area contributed by atoms with Crippen LogP contribution >= 0.6 is 23.4 Å². The normalized spacial score (nSPS) is 23.6. The second-order valence-electron chi connectivity index (χ2n) is 7.08. The van der Waals surface area contributed by atoms with Gasteiger partial charge in [-0.05, 0) is 35.9 Å². The highest BCUT2D eigenvalue weighted by atomic mass is 35.5. The molecular weight excluding hydrogens is 451 g/mol. The number of carbonyl (C=O) groups is 1. The van der Waals surface area contributed by atoms with E-state index in [1.807, 2.05) is 0 Å². The molecule has 30 heavy (non-hydrogen) atoms. The van der Waals surface area contributed by atoms with E-state index >= 15 is 0 Å². The van der Waals surface area contributed by atoms with Crippen molar-refractivity contribution in [1.82, 2.24) is 0 Å². The number of amides is 1. The summed E-state index contributed by atoms with van der Waals surface area (Å²) in [4.78, 5) is 18.5. The Balaban J connectivity index is 1.62. The zero-order valence-corrected chi connectivity index (χ0v) is 18.3. The molecule has 2 unspecified atom stereocenters. The van der Waals surface area contributed by atoms with Crippen LogP contribution in [0.15, 0.2) is 47.5 Å². The summed E-state index contributed by atoms with van der Waals surface area (Å²) in [6.45, 7) is 0. The lowest BCUT2D eigenvalue weighted by Crippen LogP contribution is -2.37. The van der Waals surface area contributed by atoms with Gasteiger partial charge in [0, 0.05) is 10.9 Å². The number of aliphatic imine (C=N–C) groups is 1. The third-order valence-electron chi connectivity index (χ3n) is 4.98. The Hall–Kier alpha value is -2.10. The number of fused-ring (bicyclic) bond motifs is 1. The van der Waals surface area contributed by atoms with Crippen LogP contribution in [0.1, 0.15) is 5.56 Å². The van der Waals surface area contributed by atoms with Crippen LogP contribution in [0.25, 0.3) is 0 Å². The Kier molecular flexibility index (Phi) is 5.78. The van der Waals surface area contributed by atoms with E-state index in [1.165, 1.54) is 23.9 Å². The minimum absolute atomic E-state index is 0.000591. The molecule has 2 aromatic carbocycles. The molecule has 0 spiro atoms. The van der Waals surface area contributed by atoms with E-state index in [0.717, 1.165) is 5.56 Å². The first-order valence-electron chi connectivity index (χ1n) is 9.11.